The Balaban J connectivity index is 1.47. The van der Waals surface area contributed by atoms with Crippen molar-refractivity contribution in [2.24, 2.45) is 5.92 Å². The molecule has 0 unspecified atom stereocenters. The van der Waals surface area contributed by atoms with Crippen molar-refractivity contribution in [3.8, 4) is 0 Å². The van der Waals surface area contributed by atoms with E-state index in [9.17, 15) is 4.79 Å². The summed E-state index contributed by atoms with van der Waals surface area (Å²) < 4.78 is 0. The maximum Gasteiger partial charge on any atom is 0.251 e. The lowest BCUT2D eigenvalue weighted by atomic mass is 9.86. The average molecular weight is 351 g/mol. The molecule has 1 aromatic heterocycles. The molecule has 0 aliphatic carbocycles. The van der Waals surface area contributed by atoms with E-state index in [0.29, 0.717) is 5.92 Å². The summed E-state index contributed by atoms with van der Waals surface area (Å²) in [6, 6.07) is 12.1. The van der Waals surface area contributed by atoms with Crippen molar-refractivity contribution >= 4 is 11.6 Å². The van der Waals surface area contributed by atoms with Gasteiger partial charge in [0.2, 0.25) is 0 Å². The van der Waals surface area contributed by atoms with Crippen LogP contribution in [-0.2, 0) is 5.41 Å². The Morgan fingerprint density at radius 2 is 1.85 bits per heavy atom. The van der Waals surface area contributed by atoms with Gasteiger partial charge in [-0.25, -0.2) is 0 Å². The summed E-state index contributed by atoms with van der Waals surface area (Å²) in [7, 11) is 0. The van der Waals surface area contributed by atoms with Gasteiger partial charge in [0.05, 0.1) is 11.9 Å². The molecule has 2 heterocycles. The Morgan fingerprint density at radius 3 is 2.42 bits per heavy atom. The molecule has 4 nitrogen and oxygen atoms in total. The lowest BCUT2D eigenvalue weighted by Gasteiger charge is -2.33. The molecule has 3 rings (SSSR count). The highest BCUT2D eigenvalue weighted by atomic mass is 16.1. The lowest BCUT2D eigenvalue weighted by Crippen LogP contribution is -2.38. The second kappa shape index (κ2) is 7.90. The van der Waals surface area contributed by atoms with E-state index in [1.807, 2.05) is 24.4 Å². The van der Waals surface area contributed by atoms with Gasteiger partial charge in [-0.2, -0.15) is 0 Å². The Bertz CT molecular complexity index is 711. The zero-order chi connectivity index (χ0) is 18.6. The summed E-state index contributed by atoms with van der Waals surface area (Å²) in [4.78, 5) is 19.0. The highest BCUT2D eigenvalue weighted by Gasteiger charge is 2.20. The minimum absolute atomic E-state index is 0.0279. The number of hydrogen-bond donors (Lipinski definition) is 1. The van der Waals surface area contributed by atoms with Crippen LogP contribution in [0.3, 0.4) is 0 Å². The molecule has 0 spiro atoms. The number of nitrogens with one attached hydrogen (secondary N) is 1. The number of nitrogens with zero attached hydrogens (tertiary/aromatic N) is 2. The number of piperidine rings is 1. The number of aromatic nitrogens is 1. The first-order valence-corrected chi connectivity index (χ1v) is 9.47. The fourth-order valence-corrected chi connectivity index (χ4v) is 3.40. The Labute approximate surface area is 156 Å². The van der Waals surface area contributed by atoms with E-state index in [-0.39, 0.29) is 11.3 Å². The van der Waals surface area contributed by atoms with Crippen LogP contribution in [-0.4, -0.2) is 30.5 Å². The second-order valence-electron chi connectivity index (χ2n) is 8.18. The van der Waals surface area contributed by atoms with Crippen LogP contribution in [0.15, 0.2) is 48.8 Å². The summed E-state index contributed by atoms with van der Waals surface area (Å²) in [5.41, 5.74) is 3.29. The number of amides is 1. The number of carbonyl (C=O) groups is 1. The van der Waals surface area contributed by atoms with Crippen LogP contribution >= 0.6 is 0 Å². The van der Waals surface area contributed by atoms with Gasteiger partial charge in [0, 0.05) is 31.4 Å². The second-order valence-corrected chi connectivity index (χ2v) is 8.18. The molecule has 1 aliphatic heterocycles. The normalized spacial score (nSPS) is 15.7. The molecule has 1 N–H and O–H groups in total. The first-order valence-electron chi connectivity index (χ1n) is 9.47. The Kier molecular flexibility index (Phi) is 5.60. The lowest BCUT2D eigenvalue weighted by molar-refractivity contribution is 0.0945. The molecular formula is C22H29N3O. The maximum atomic E-state index is 12.4. The quantitative estimate of drug-likeness (QED) is 0.905. The smallest absolute Gasteiger partial charge is 0.251 e. The van der Waals surface area contributed by atoms with Crippen LogP contribution in [0.5, 0.6) is 0 Å². The van der Waals surface area contributed by atoms with Crippen LogP contribution in [0.2, 0.25) is 0 Å². The van der Waals surface area contributed by atoms with E-state index in [4.69, 9.17) is 0 Å². The maximum absolute atomic E-state index is 12.4. The van der Waals surface area contributed by atoms with Crippen molar-refractivity contribution in [1.82, 2.24) is 10.3 Å². The predicted molar refractivity (Wildman–Crippen MR) is 107 cm³/mol. The Hall–Kier alpha value is -2.36. The zero-order valence-electron chi connectivity index (χ0n) is 16.0. The van der Waals surface area contributed by atoms with Gasteiger partial charge >= 0.3 is 0 Å². The number of pyridine rings is 1. The van der Waals surface area contributed by atoms with E-state index >= 15 is 0 Å². The van der Waals surface area contributed by atoms with Crippen LogP contribution in [0, 0.1) is 5.92 Å². The highest BCUT2D eigenvalue weighted by Crippen LogP contribution is 2.23. The number of carbonyl (C=O) groups excluding carboxylic acids is 1. The van der Waals surface area contributed by atoms with E-state index < -0.39 is 0 Å². The molecule has 1 fully saturated rings. The number of rotatable bonds is 4. The molecule has 2 aromatic rings. The SMILES string of the molecule is CC(C)(C)c1ccc(C(=O)NCC2CCN(c3cccnc3)CC2)cc1. The van der Waals surface area contributed by atoms with Crippen molar-refractivity contribution < 1.29 is 4.79 Å². The first-order chi connectivity index (χ1) is 12.4. The van der Waals surface area contributed by atoms with Gasteiger partial charge in [0.1, 0.15) is 0 Å². The highest BCUT2D eigenvalue weighted by molar-refractivity contribution is 5.94. The third kappa shape index (κ3) is 4.63. The molecule has 1 saturated heterocycles. The van der Waals surface area contributed by atoms with Gasteiger partial charge in [0.15, 0.2) is 0 Å². The third-order valence-corrected chi connectivity index (χ3v) is 5.19. The van der Waals surface area contributed by atoms with Gasteiger partial charge in [0.25, 0.3) is 5.91 Å². The molecule has 0 bridgehead atoms. The van der Waals surface area contributed by atoms with Gasteiger partial charge in [-0.05, 0) is 54.0 Å². The fraction of sp³-hybridized carbons (Fsp3) is 0.455. The first kappa shape index (κ1) is 18.4. The van der Waals surface area contributed by atoms with Crippen LogP contribution in [0.1, 0.15) is 49.5 Å². The molecule has 1 aromatic carbocycles. The van der Waals surface area contributed by atoms with Gasteiger partial charge < -0.3 is 10.2 Å². The average Bonchev–Trinajstić information content (AvgIpc) is 2.66. The molecule has 26 heavy (non-hydrogen) atoms. The van der Waals surface area contributed by atoms with Crippen molar-refractivity contribution in [2.45, 2.75) is 39.0 Å². The summed E-state index contributed by atoms with van der Waals surface area (Å²) in [6.07, 6.45) is 5.92. The van der Waals surface area contributed by atoms with Gasteiger partial charge in [-0.3, -0.25) is 9.78 Å². The zero-order valence-corrected chi connectivity index (χ0v) is 16.0. The van der Waals surface area contributed by atoms with Crippen molar-refractivity contribution in [2.75, 3.05) is 24.5 Å². The monoisotopic (exact) mass is 351 g/mol. The number of benzene rings is 1. The topological polar surface area (TPSA) is 45.2 Å². The van der Waals surface area contributed by atoms with Crippen LogP contribution < -0.4 is 10.2 Å². The molecule has 0 atom stereocenters. The Morgan fingerprint density at radius 1 is 1.15 bits per heavy atom. The van der Waals surface area contributed by atoms with Crippen molar-refractivity contribution in [3.05, 3.63) is 59.9 Å². The van der Waals surface area contributed by atoms with E-state index in [0.717, 1.165) is 38.0 Å². The molecule has 4 heteroatoms. The fourth-order valence-electron chi connectivity index (χ4n) is 3.40. The summed E-state index contributed by atoms with van der Waals surface area (Å²) in [5, 5.41) is 3.11. The van der Waals surface area contributed by atoms with Crippen molar-refractivity contribution in [1.29, 1.82) is 0 Å². The van der Waals surface area contributed by atoms with Crippen LogP contribution in [0.25, 0.3) is 0 Å². The third-order valence-electron chi connectivity index (χ3n) is 5.19. The van der Waals surface area contributed by atoms with Gasteiger partial charge in [-0.1, -0.05) is 32.9 Å². The number of hydrogen-bond acceptors (Lipinski definition) is 3. The molecule has 1 amide bonds. The number of anilines is 1. The van der Waals surface area contributed by atoms with Gasteiger partial charge in [-0.15, -0.1) is 0 Å². The molecule has 1 aliphatic rings. The van der Waals surface area contributed by atoms with Crippen LogP contribution in [0.4, 0.5) is 5.69 Å². The summed E-state index contributed by atoms with van der Waals surface area (Å²) >= 11 is 0. The predicted octanol–water partition coefficient (Wildman–Crippen LogP) is 4.03. The summed E-state index contributed by atoms with van der Waals surface area (Å²) in [6.45, 7) is 9.33. The van der Waals surface area contributed by atoms with E-state index in [2.05, 4.69) is 54.2 Å². The standard InChI is InChI=1S/C22H29N3O/c1-22(2,3)19-8-6-18(7-9-19)21(26)24-15-17-10-13-25(14-11-17)20-5-4-12-23-16-20/h4-9,12,16-17H,10-11,13-15H2,1-3H3,(H,24,26). The molecule has 0 radical (unpaired) electrons. The van der Waals surface area contributed by atoms with E-state index in [1.165, 1.54) is 11.3 Å². The molecule has 0 saturated carbocycles. The summed E-state index contributed by atoms with van der Waals surface area (Å²) in [5.74, 6) is 0.570. The molecular weight excluding hydrogens is 322 g/mol. The van der Waals surface area contributed by atoms with Crippen molar-refractivity contribution in [3.63, 3.8) is 0 Å². The minimum atomic E-state index is 0.0279. The largest absolute Gasteiger partial charge is 0.370 e. The van der Waals surface area contributed by atoms with E-state index in [1.54, 1.807) is 6.20 Å². The minimum Gasteiger partial charge on any atom is -0.370 e. The molecule has 138 valence electrons.